The van der Waals surface area contributed by atoms with E-state index in [0.29, 0.717) is 32.4 Å². The molecule has 0 unspecified atom stereocenters. The highest BCUT2D eigenvalue weighted by Crippen LogP contribution is 2.02. The van der Waals surface area contributed by atoms with Crippen molar-refractivity contribution >= 4 is 17.6 Å². The first-order valence-corrected chi connectivity index (χ1v) is 10.2. The third-order valence-electron chi connectivity index (χ3n) is 4.26. The van der Waals surface area contributed by atoms with Gasteiger partial charge in [-0.2, -0.15) is 0 Å². The molecular formula is C20H39N3O3. The molecule has 0 saturated heterocycles. The Bertz CT molecular complexity index is 386. The van der Waals surface area contributed by atoms with E-state index in [2.05, 4.69) is 16.0 Å². The van der Waals surface area contributed by atoms with Crippen LogP contribution >= 0.6 is 0 Å². The molecular weight excluding hydrogens is 330 g/mol. The summed E-state index contributed by atoms with van der Waals surface area (Å²) in [5, 5.41) is 8.96. The predicted molar refractivity (Wildman–Crippen MR) is 106 cm³/mol. The second-order valence-electron chi connectivity index (χ2n) is 6.94. The van der Waals surface area contributed by atoms with Gasteiger partial charge in [0.05, 0.1) is 0 Å². The first-order chi connectivity index (χ1) is 12.6. The maximum Gasteiger partial charge on any atom is 0.219 e. The summed E-state index contributed by atoms with van der Waals surface area (Å²) in [6.07, 6.45) is 10.5. The number of Topliss-reactive ketones (excluding diaryl/α,β-unsaturated/α-hetero) is 1. The highest BCUT2D eigenvalue weighted by molar-refractivity contribution is 5.76. The molecule has 0 bridgehead atoms. The normalized spacial score (nSPS) is 10.5. The Hall–Kier alpha value is -1.43. The van der Waals surface area contributed by atoms with Crippen molar-refractivity contribution in [3.05, 3.63) is 0 Å². The topological polar surface area (TPSA) is 87.3 Å². The Morgan fingerprint density at radius 2 is 1.00 bits per heavy atom. The van der Waals surface area contributed by atoms with E-state index in [0.717, 1.165) is 64.3 Å². The zero-order valence-corrected chi connectivity index (χ0v) is 16.8. The number of rotatable bonds is 18. The molecule has 0 rings (SSSR count). The van der Waals surface area contributed by atoms with E-state index < -0.39 is 0 Å². The number of nitrogens with one attached hydrogen (secondary N) is 3. The second kappa shape index (κ2) is 18.4. The molecule has 0 saturated carbocycles. The fourth-order valence-electron chi connectivity index (χ4n) is 2.66. The molecule has 0 aliphatic heterocycles. The van der Waals surface area contributed by atoms with Gasteiger partial charge >= 0.3 is 0 Å². The van der Waals surface area contributed by atoms with E-state index in [9.17, 15) is 14.4 Å². The van der Waals surface area contributed by atoms with Crippen molar-refractivity contribution < 1.29 is 14.4 Å². The molecule has 0 heterocycles. The molecule has 0 radical (unpaired) electrons. The summed E-state index contributed by atoms with van der Waals surface area (Å²) >= 11 is 0. The molecule has 0 spiro atoms. The van der Waals surface area contributed by atoms with Crippen LogP contribution in [0, 0.1) is 0 Å². The van der Waals surface area contributed by atoms with E-state index in [1.807, 2.05) is 7.05 Å². The lowest BCUT2D eigenvalue weighted by Gasteiger charge is -2.06. The SMILES string of the molecule is CNCCCCCC(=O)NCCCCCC(=O)NCCCCCC(C)=O. The van der Waals surface area contributed by atoms with Gasteiger partial charge in [-0.1, -0.05) is 19.3 Å². The largest absolute Gasteiger partial charge is 0.356 e. The van der Waals surface area contributed by atoms with Crippen molar-refractivity contribution in [2.75, 3.05) is 26.7 Å². The fourth-order valence-corrected chi connectivity index (χ4v) is 2.66. The number of hydrogen-bond acceptors (Lipinski definition) is 4. The summed E-state index contributed by atoms with van der Waals surface area (Å²) in [6.45, 7) is 4.02. The van der Waals surface area contributed by atoms with Crippen molar-refractivity contribution in [3.63, 3.8) is 0 Å². The van der Waals surface area contributed by atoms with Crippen LogP contribution in [-0.2, 0) is 14.4 Å². The van der Waals surface area contributed by atoms with E-state index in [1.54, 1.807) is 6.92 Å². The van der Waals surface area contributed by atoms with Gasteiger partial charge in [-0.15, -0.1) is 0 Å². The highest BCUT2D eigenvalue weighted by Gasteiger charge is 2.02. The van der Waals surface area contributed by atoms with Gasteiger partial charge < -0.3 is 20.7 Å². The summed E-state index contributed by atoms with van der Waals surface area (Å²) in [6, 6.07) is 0. The van der Waals surface area contributed by atoms with E-state index in [4.69, 9.17) is 0 Å². The smallest absolute Gasteiger partial charge is 0.219 e. The Labute approximate surface area is 159 Å². The van der Waals surface area contributed by atoms with Crippen molar-refractivity contribution in [1.29, 1.82) is 0 Å². The van der Waals surface area contributed by atoms with Crippen LogP contribution in [0.2, 0.25) is 0 Å². The van der Waals surface area contributed by atoms with Gasteiger partial charge in [-0.05, 0) is 59.0 Å². The summed E-state index contributed by atoms with van der Waals surface area (Å²) in [5.74, 6) is 0.467. The van der Waals surface area contributed by atoms with Gasteiger partial charge in [-0.3, -0.25) is 9.59 Å². The molecule has 0 aromatic rings. The molecule has 6 nitrogen and oxygen atoms in total. The number of hydrogen-bond donors (Lipinski definition) is 3. The van der Waals surface area contributed by atoms with Gasteiger partial charge in [0, 0.05) is 32.4 Å². The molecule has 6 heteroatoms. The minimum atomic E-state index is 0.0992. The van der Waals surface area contributed by atoms with Crippen molar-refractivity contribution in [3.8, 4) is 0 Å². The molecule has 0 aliphatic carbocycles. The van der Waals surface area contributed by atoms with Crippen LogP contribution in [0.25, 0.3) is 0 Å². The second-order valence-corrected chi connectivity index (χ2v) is 6.94. The number of ketones is 1. The Balaban J connectivity index is 3.31. The van der Waals surface area contributed by atoms with Crippen LogP contribution in [0.15, 0.2) is 0 Å². The minimum absolute atomic E-state index is 0.0992. The van der Waals surface area contributed by atoms with Crippen molar-refractivity contribution in [2.45, 2.75) is 84.0 Å². The van der Waals surface area contributed by atoms with Crippen molar-refractivity contribution in [2.24, 2.45) is 0 Å². The van der Waals surface area contributed by atoms with Gasteiger partial charge in [0.2, 0.25) is 11.8 Å². The van der Waals surface area contributed by atoms with E-state index >= 15 is 0 Å². The lowest BCUT2D eigenvalue weighted by atomic mass is 10.1. The minimum Gasteiger partial charge on any atom is -0.356 e. The summed E-state index contributed by atoms with van der Waals surface area (Å²) in [5.41, 5.74) is 0. The molecule has 0 aromatic heterocycles. The van der Waals surface area contributed by atoms with Crippen LogP contribution in [0.3, 0.4) is 0 Å². The van der Waals surface area contributed by atoms with Gasteiger partial charge in [0.1, 0.15) is 5.78 Å². The van der Waals surface area contributed by atoms with Crippen LogP contribution in [-0.4, -0.2) is 44.3 Å². The zero-order valence-electron chi connectivity index (χ0n) is 16.8. The van der Waals surface area contributed by atoms with E-state index in [-0.39, 0.29) is 17.6 Å². The zero-order chi connectivity index (χ0) is 19.5. The summed E-state index contributed by atoms with van der Waals surface area (Å²) < 4.78 is 0. The average Bonchev–Trinajstić information content (AvgIpc) is 2.60. The molecule has 152 valence electrons. The van der Waals surface area contributed by atoms with Gasteiger partial charge in [-0.25, -0.2) is 0 Å². The monoisotopic (exact) mass is 369 g/mol. The average molecular weight is 370 g/mol. The molecule has 0 aromatic carbocycles. The number of unbranched alkanes of at least 4 members (excludes halogenated alkanes) is 6. The first kappa shape index (κ1) is 24.6. The first-order valence-electron chi connectivity index (χ1n) is 10.2. The number of carbonyl (C=O) groups is 3. The molecule has 0 fully saturated rings. The molecule has 0 aliphatic rings. The van der Waals surface area contributed by atoms with Crippen molar-refractivity contribution in [1.82, 2.24) is 16.0 Å². The maximum atomic E-state index is 11.7. The number of carbonyl (C=O) groups excluding carboxylic acids is 3. The third-order valence-corrected chi connectivity index (χ3v) is 4.26. The highest BCUT2D eigenvalue weighted by atomic mass is 16.2. The predicted octanol–water partition coefficient (Wildman–Crippen LogP) is 2.71. The van der Waals surface area contributed by atoms with Gasteiger partial charge in [0.25, 0.3) is 0 Å². The summed E-state index contributed by atoms with van der Waals surface area (Å²) in [4.78, 5) is 34.1. The van der Waals surface area contributed by atoms with Crippen LogP contribution in [0.1, 0.15) is 84.0 Å². The number of amides is 2. The third kappa shape index (κ3) is 18.9. The quantitative estimate of drug-likeness (QED) is 0.324. The molecule has 2 amide bonds. The standard InChI is InChI=1S/C20H39N3O3/c1-18(24)12-6-3-10-16-22-20(26)14-8-5-11-17-23-19(25)13-7-4-9-15-21-2/h21H,3-17H2,1-2H3,(H,22,26)(H,23,25). The summed E-state index contributed by atoms with van der Waals surface area (Å²) in [7, 11) is 1.94. The molecule has 26 heavy (non-hydrogen) atoms. The maximum absolute atomic E-state index is 11.7. The Kier molecular flexibility index (Phi) is 17.4. The lowest BCUT2D eigenvalue weighted by molar-refractivity contribution is -0.122. The Morgan fingerprint density at radius 3 is 1.42 bits per heavy atom. The molecule has 0 atom stereocenters. The lowest BCUT2D eigenvalue weighted by Crippen LogP contribution is -2.25. The fraction of sp³-hybridized carbons (Fsp3) is 0.850. The van der Waals surface area contributed by atoms with Gasteiger partial charge in [0.15, 0.2) is 0 Å². The van der Waals surface area contributed by atoms with Crippen LogP contribution in [0.4, 0.5) is 0 Å². The van der Waals surface area contributed by atoms with Crippen LogP contribution < -0.4 is 16.0 Å². The Morgan fingerprint density at radius 1 is 0.577 bits per heavy atom. The van der Waals surface area contributed by atoms with Crippen LogP contribution in [0.5, 0.6) is 0 Å². The molecule has 3 N–H and O–H groups in total. The van der Waals surface area contributed by atoms with E-state index in [1.165, 1.54) is 0 Å².